The summed E-state index contributed by atoms with van der Waals surface area (Å²) < 4.78 is 38.3. The second-order valence-electron chi connectivity index (χ2n) is 22.6. The Morgan fingerprint density at radius 2 is 1.24 bits per heavy atom. The Kier molecular flexibility index (Phi) is 12.1. The molecule has 67 heavy (non-hydrogen) atoms. The van der Waals surface area contributed by atoms with Crippen molar-refractivity contribution in [2.75, 3.05) is 0 Å². The van der Waals surface area contributed by atoms with Crippen LogP contribution in [0.3, 0.4) is 0 Å². The Morgan fingerprint density at radius 3 is 1.87 bits per heavy atom. The van der Waals surface area contributed by atoms with Crippen molar-refractivity contribution in [3.8, 4) is 67.5 Å². The molecule has 348 valence electrons. The largest absolute Gasteiger partial charge is 0.507 e. The maximum Gasteiger partial charge on any atom is 0.148 e. The van der Waals surface area contributed by atoms with Crippen LogP contribution >= 0.6 is 0 Å². The van der Waals surface area contributed by atoms with Gasteiger partial charge in [0.15, 0.2) is 0 Å². The maximum absolute atomic E-state index is 12.6. The van der Waals surface area contributed by atoms with Crippen molar-refractivity contribution in [1.82, 2.24) is 14.5 Å². The summed E-state index contributed by atoms with van der Waals surface area (Å²) in [5.41, 5.74) is 12.3. The van der Waals surface area contributed by atoms with Crippen LogP contribution in [0.4, 0.5) is 0 Å². The molecule has 0 amide bonds. The second-order valence-corrected chi connectivity index (χ2v) is 22.6. The SMILES string of the molecule is [2H]c1c([2H])c(C(C)(C)C)c([2H])c([2H])c1-c1ccnc(-c2[c-]c(-c3cccc4c3nc(-c3cc(C(C)(C)C)cc(C(C)(C)C)c3O)n4-c3ccc(CC(C)C)cc3-c3ccccc3)cc(C(C)(C)C)c2)c1.[Pt]. The summed E-state index contributed by atoms with van der Waals surface area (Å²) in [6.07, 6.45) is 2.60. The van der Waals surface area contributed by atoms with E-state index in [1.165, 1.54) is 5.56 Å². The summed E-state index contributed by atoms with van der Waals surface area (Å²) in [7, 11) is 0. The molecule has 0 spiro atoms. The molecule has 0 aliphatic carbocycles. The second kappa shape index (κ2) is 18.5. The number of hydrogen-bond acceptors (Lipinski definition) is 3. The van der Waals surface area contributed by atoms with Crippen LogP contribution in [0.2, 0.25) is 0 Å². The predicted octanol–water partition coefficient (Wildman–Crippen LogP) is 16.6. The van der Waals surface area contributed by atoms with Gasteiger partial charge in [0.25, 0.3) is 0 Å². The van der Waals surface area contributed by atoms with E-state index in [0.29, 0.717) is 34.1 Å². The van der Waals surface area contributed by atoms with Crippen LogP contribution in [0.25, 0.3) is 72.7 Å². The first-order chi connectivity index (χ1) is 32.6. The Morgan fingerprint density at radius 1 is 0.597 bits per heavy atom. The van der Waals surface area contributed by atoms with E-state index in [4.69, 9.17) is 15.5 Å². The van der Waals surface area contributed by atoms with Crippen LogP contribution in [-0.2, 0) is 49.1 Å². The fourth-order valence-corrected chi connectivity index (χ4v) is 8.63. The van der Waals surface area contributed by atoms with Crippen LogP contribution in [-0.4, -0.2) is 19.6 Å². The number of imidazole rings is 1. The number of phenolic OH excluding ortho intramolecular Hbond substituents is 1. The molecule has 0 aliphatic heterocycles. The zero-order valence-corrected chi connectivity index (χ0v) is 44.1. The van der Waals surface area contributed by atoms with E-state index in [9.17, 15) is 5.11 Å². The van der Waals surface area contributed by atoms with Gasteiger partial charge in [0.2, 0.25) is 0 Å². The van der Waals surface area contributed by atoms with Crippen molar-refractivity contribution in [3.63, 3.8) is 0 Å². The van der Waals surface area contributed by atoms with E-state index in [1.54, 1.807) is 12.3 Å². The van der Waals surface area contributed by atoms with Gasteiger partial charge in [0, 0.05) is 44.1 Å². The van der Waals surface area contributed by atoms with Crippen LogP contribution in [0.5, 0.6) is 5.75 Å². The molecule has 1 N–H and O–H groups in total. The van der Waals surface area contributed by atoms with Gasteiger partial charge >= 0.3 is 0 Å². The van der Waals surface area contributed by atoms with E-state index in [1.807, 2.05) is 32.9 Å². The number of nitrogens with zero attached hydrogens (tertiary/aromatic N) is 3. The number of pyridine rings is 1. The third-order valence-electron chi connectivity index (χ3n) is 12.5. The Bertz CT molecular complexity index is 3280. The third-order valence-corrected chi connectivity index (χ3v) is 12.5. The van der Waals surface area contributed by atoms with Gasteiger partial charge in [0.1, 0.15) is 11.6 Å². The van der Waals surface area contributed by atoms with Crippen LogP contribution in [0.1, 0.15) is 130 Å². The first-order valence-corrected chi connectivity index (χ1v) is 23.4. The fourth-order valence-electron chi connectivity index (χ4n) is 8.63. The molecule has 5 heteroatoms. The van der Waals surface area contributed by atoms with E-state index in [-0.39, 0.29) is 72.8 Å². The number of hydrogen-bond donors (Lipinski definition) is 1. The van der Waals surface area contributed by atoms with Gasteiger partial charge in [-0.25, -0.2) is 4.98 Å². The van der Waals surface area contributed by atoms with Gasteiger partial charge < -0.3 is 5.11 Å². The zero-order chi connectivity index (χ0) is 51.0. The first kappa shape index (κ1) is 44.0. The molecular formula is C62H68N3OPt-. The summed E-state index contributed by atoms with van der Waals surface area (Å²) >= 11 is 0. The number of benzene rings is 6. The third kappa shape index (κ3) is 10.3. The summed E-state index contributed by atoms with van der Waals surface area (Å²) in [6.45, 7) is 29.8. The molecule has 0 bridgehead atoms. The number of para-hydroxylation sites is 1. The quantitative estimate of drug-likeness (QED) is 0.154. The van der Waals surface area contributed by atoms with Gasteiger partial charge in [-0.15, -0.1) is 29.3 Å². The topological polar surface area (TPSA) is 50.9 Å². The van der Waals surface area contributed by atoms with Gasteiger partial charge in [-0.3, -0.25) is 9.55 Å². The van der Waals surface area contributed by atoms with Crippen LogP contribution in [0, 0.1) is 12.0 Å². The van der Waals surface area contributed by atoms with Crippen molar-refractivity contribution >= 4 is 11.0 Å². The molecule has 4 nitrogen and oxygen atoms in total. The minimum Gasteiger partial charge on any atom is -0.507 e. The van der Waals surface area contributed by atoms with Gasteiger partial charge in [0.05, 0.1) is 27.8 Å². The summed E-state index contributed by atoms with van der Waals surface area (Å²) in [6, 6.07) is 39.2. The van der Waals surface area contributed by atoms with Crippen LogP contribution in [0.15, 0.2) is 133 Å². The average Bonchev–Trinajstić information content (AvgIpc) is 3.66. The van der Waals surface area contributed by atoms with Gasteiger partial charge in [-0.05, 0) is 97.7 Å². The van der Waals surface area contributed by atoms with E-state index in [2.05, 4.69) is 172 Å². The number of phenols is 1. The predicted molar refractivity (Wildman–Crippen MR) is 280 cm³/mol. The van der Waals surface area contributed by atoms with Crippen LogP contribution < -0.4 is 0 Å². The molecule has 6 aromatic carbocycles. The number of aromatic hydroxyl groups is 1. The van der Waals surface area contributed by atoms with Crippen molar-refractivity contribution in [3.05, 3.63) is 167 Å². The van der Waals surface area contributed by atoms with Gasteiger partial charge in [-0.1, -0.05) is 193 Å². The minimum absolute atomic E-state index is 0. The molecular weight excluding hydrogens is 998 g/mol. The monoisotopic (exact) mass is 1070 g/mol. The first-order valence-electron chi connectivity index (χ1n) is 25.4. The van der Waals surface area contributed by atoms with E-state index >= 15 is 0 Å². The summed E-state index contributed by atoms with van der Waals surface area (Å²) in [5.74, 6) is 1.31. The van der Waals surface area contributed by atoms with Crippen molar-refractivity contribution < 1.29 is 31.7 Å². The number of aromatic nitrogens is 3. The summed E-state index contributed by atoms with van der Waals surface area (Å²) in [5, 5.41) is 12.6. The fraction of sp³-hybridized carbons (Fsp3) is 0.323. The molecule has 0 unspecified atom stereocenters. The van der Waals surface area contributed by atoms with Gasteiger partial charge in [-0.2, -0.15) is 0 Å². The average molecular weight is 1070 g/mol. The molecule has 8 aromatic rings. The molecule has 8 rings (SSSR count). The molecule has 0 radical (unpaired) electrons. The normalized spacial score (nSPS) is 13.3. The van der Waals surface area contributed by atoms with Crippen molar-refractivity contribution in [2.45, 2.75) is 125 Å². The smallest absolute Gasteiger partial charge is 0.148 e. The standard InChI is InChI=1S/C62H68N3O.Pt/c1-39(2)31-40-23-28-54(50(32-40)42-19-16-15-17-20-42)65-55-22-18-21-49(56(55)64-58(65)51-37-48(61(9,10)11)38-52(57(51)66)62(12,13)14)44-33-45(35-47(34-44)60(6,7)8)53-36-43(29-30-63-53)41-24-26-46(27-25-41)59(3,4)5;/h15-30,32,34-39,66H,31H2,1-14H3;/q-1;/i24D,25D,26D,27D;. The number of rotatable bonds is 8. The van der Waals surface area contributed by atoms with E-state index < -0.39 is 5.41 Å². The molecule has 2 aromatic heterocycles. The molecule has 0 saturated carbocycles. The molecule has 0 aliphatic rings. The maximum atomic E-state index is 12.6. The Balaban J connectivity index is 0.00000741. The number of fused-ring (bicyclic) bond motifs is 1. The van der Waals surface area contributed by atoms with Crippen molar-refractivity contribution in [1.29, 1.82) is 0 Å². The molecule has 2 heterocycles. The molecule has 0 fully saturated rings. The van der Waals surface area contributed by atoms with Crippen molar-refractivity contribution in [2.24, 2.45) is 5.92 Å². The summed E-state index contributed by atoms with van der Waals surface area (Å²) in [4.78, 5) is 10.5. The minimum atomic E-state index is -0.575. The molecule has 0 saturated heterocycles. The Labute approximate surface area is 420 Å². The molecule has 0 atom stereocenters. The Hall–Kier alpha value is -5.57. The zero-order valence-electron chi connectivity index (χ0n) is 45.8. The van der Waals surface area contributed by atoms with E-state index in [0.717, 1.165) is 67.6 Å².